The molecule has 4 heteroatoms. The van der Waals surface area contributed by atoms with E-state index in [0.717, 1.165) is 28.7 Å². The highest BCUT2D eigenvalue weighted by atomic mass is 127. The summed E-state index contributed by atoms with van der Waals surface area (Å²) in [7, 11) is 0. The fourth-order valence-electron chi connectivity index (χ4n) is 1.78. The van der Waals surface area contributed by atoms with Gasteiger partial charge in [-0.15, -0.1) is 0 Å². The largest absolute Gasteiger partial charge is 0.492 e. The van der Waals surface area contributed by atoms with E-state index in [2.05, 4.69) is 27.9 Å². The van der Waals surface area contributed by atoms with Gasteiger partial charge in [0.25, 0.3) is 0 Å². The summed E-state index contributed by atoms with van der Waals surface area (Å²) in [5.41, 5.74) is 1.01. The fourth-order valence-corrected chi connectivity index (χ4v) is 2.16. The number of nitrogens with one attached hydrogen (secondary N) is 1. The van der Waals surface area contributed by atoms with E-state index in [-0.39, 0.29) is 11.8 Å². The lowest BCUT2D eigenvalue weighted by Gasteiger charge is -2.09. The quantitative estimate of drug-likeness (QED) is 0.521. The van der Waals surface area contributed by atoms with Crippen LogP contribution in [-0.4, -0.2) is 23.5 Å². The third-order valence-corrected chi connectivity index (χ3v) is 3.39. The second-order valence-corrected chi connectivity index (χ2v) is 4.81. The number of hydrogen-bond acceptors (Lipinski definition) is 2. The summed E-state index contributed by atoms with van der Waals surface area (Å²) in [4.78, 5) is 11.9. The zero-order chi connectivity index (χ0) is 11.4. The number of para-hydroxylation sites is 1. The molecule has 0 saturated carbocycles. The highest BCUT2D eigenvalue weighted by molar-refractivity contribution is 14.1. The first-order chi connectivity index (χ1) is 7.83. The highest BCUT2D eigenvalue weighted by Crippen LogP contribution is 2.33. The van der Waals surface area contributed by atoms with E-state index >= 15 is 0 Å². The lowest BCUT2D eigenvalue weighted by Crippen LogP contribution is -2.31. The van der Waals surface area contributed by atoms with Crippen molar-refractivity contribution < 1.29 is 9.53 Å². The standard InChI is InChI=1S/C12H14INO2/c13-6-3-7-14-12(15)10-8-16-11-5-2-1-4-9(10)11/h1-2,4-5,10H,3,6-8H2,(H,14,15). The summed E-state index contributed by atoms with van der Waals surface area (Å²) in [6, 6.07) is 7.74. The van der Waals surface area contributed by atoms with E-state index in [4.69, 9.17) is 4.74 Å². The first-order valence-electron chi connectivity index (χ1n) is 5.38. The second kappa shape index (κ2) is 5.52. The first-order valence-corrected chi connectivity index (χ1v) is 6.91. The molecule has 0 aromatic heterocycles. The number of halogens is 1. The third kappa shape index (κ3) is 2.48. The maximum Gasteiger partial charge on any atom is 0.231 e. The molecule has 1 aromatic carbocycles. The van der Waals surface area contributed by atoms with E-state index in [1.807, 2.05) is 24.3 Å². The number of carbonyl (C=O) groups excluding carboxylic acids is 1. The molecule has 1 aliphatic rings. The van der Waals surface area contributed by atoms with Crippen LogP contribution < -0.4 is 10.1 Å². The Balaban J connectivity index is 1.99. The van der Waals surface area contributed by atoms with Crippen LogP contribution >= 0.6 is 22.6 Å². The molecule has 1 amide bonds. The van der Waals surface area contributed by atoms with Crippen LogP contribution in [0.5, 0.6) is 5.75 Å². The number of benzene rings is 1. The summed E-state index contributed by atoms with van der Waals surface area (Å²) in [5.74, 6) is 0.789. The maximum atomic E-state index is 11.9. The van der Waals surface area contributed by atoms with E-state index in [0.29, 0.717) is 6.61 Å². The number of fused-ring (bicyclic) bond motifs is 1. The van der Waals surface area contributed by atoms with Crippen molar-refractivity contribution in [3.8, 4) is 5.75 Å². The van der Waals surface area contributed by atoms with Gasteiger partial charge in [-0.25, -0.2) is 0 Å². The molecule has 1 N–H and O–H groups in total. The van der Waals surface area contributed by atoms with Gasteiger partial charge in [-0.1, -0.05) is 40.8 Å². The zero-order valence-electron chi connectivity index (χ0n) is 8.91. The van der Waals surface area contributed by atoms with E-state index in [9.17, 15) is 4.79 Å². The Hall–Kier alpha value is -0.780. The van der Waals surface area contributed by atoms with Gasteiger partial charge in [0.2, 0.25) is 5.91 Å². The maximum absolute atomic E-state index is 11.9. The SMILES string of the molecule is O=C(NCCCI)C1COc2ccccc21. The molecule has 0 aliphatic carbocycles. The molecule has 0 fully saturated rings. The van der Waals surface area contributed by atoms with Crippen molar-refractivity contribution in [3.63, 3.8) is 0 Å². The molecular weight excluding hydrogens is 317 g/mol. The summed E-state index contributed by atoms with van der Waals surface area (Å²) >= 11 is 2.31. The average molecular weight is 331 g/mol. The number of amides is 1. The van der Waals surface area contributed by atoms with E-state index in [1.54, 1.807) is 0 Å². The first kappa shape index (κ1) is 11.7. The summed E-state index contributed by atoms with van der Waals surface area (Å²) in [6.07, 6.45) is 1.02. The number of carbonyl (C=O) groups is 1. The molecule has 2 rings (SSSR count). The van der Waals surface area contributed by atoms with Crippen LogP contribution in [0.15, 0.2) is 24.3 Å². The Labute approximate surface area is 109 Å². The summed E-state index contributed by atoms with van der Waals surface area (Å²) in [5, 5.41) is 2.94. The normalized spacial score (nSPS) is 17.7. The van der Waals surface area contributed by atoms with Crippen LogP contribution in [0.1, 0.15) is 17.9 Å². The lowest BCUT2D eigenvalue weighted by molar-refractivity contribution is -0.122. The molecule has 1 unspecified atom stereocenters. The van der Waals surface area contributed by atoms with Gasteiger partial charge in [0.05, 0.1) is 0 Å². The summed E-state index contributed by atoms with van der Waals surface area (Å²) < 4.78 is 6.54. The molecule has 1 heterocycles. The van der Waals surface area contributed by atoms with Crippen LogP contribution in [0.25, 0.3) is 0 Å². The van der Waals surface area contributed by atoms with Crippen molar-refractivity contribution in [2.75, 3.05) is 17.6 Å². The molecule has 0 saturated heterocycles. The number of ether oxygens (including phenoxy) is 1. The van der Waals surface area contributed by atoms with Crippen molar-refractivity contribution in [1.29, 1.82) is 0 Å². The predicted octanol–water partition coefficient (Wildman–Crippen LogP) is 2.10. The molecule has 1 aromatic rings. The Kier molecular flexibility index (Phi) is 4.04. The average Bonchev–Trinajstić information content (AvgIpc) is 2.73. The van der Waals surface area contributed by atoms with Gasteiger partial charge in [-0.2, -0.15) is 0 Å². The van der Waals surface area contributed by atoms with Gasteiger partial charge in [0, 0.05) is 16.5 Å². The second-order valence-electron chi connectivity index (χ2n) is 3.73. The van der Waals surface area contributed by atoms with Crippen molar-refractivity contribution in [3.05, 3.63) is 29.8 Å². The monoisotopic (exact) mass is 331 g/mol. The van der Waals surface area contributed by atoms with Gasteiger partial charge in [-0.3, -0.25) is 4.79 Å². The number of hydrogen-bond donors (Lipinski definition) is 1. The van der Waals surface area contributed by atoms with Crippen LogP contribution in [-0.2, 0) is 4.79 Å². The molecule has 86 valence electrons. The lowest BCUT2D eigenvalue weighted by atomic mass is 10.0. The van der Waals surface area contributed by atoms with Crippen LogP contribution in [0.2, 0.25) is 0 Å². The molecule has 16 heavy (non-hydrogen) atoms. The van der Waals surface area contributed by atoms with Crippen LogP contribution in [0.4, 0.5) is 0 Å². The minimum absolute atomic E-state index is 0.0785. The Morgan fingerprint density at radius 2 is 2.31 bits per heavy atom. The molecule has 0 bridgehead atoms. The van der Waals surface area contributed by atoms with Crippen LogP contribution in [0, 0.1) is 0 Å². The van der Waals surface area contributed by atoms with E-state index < -0.39 is 0 Å². The number of alkyl halides is 1. The number of rotatable bonds is 4. The van der Waals surface area contributed by atoms with Crippen molar-refractivity contribution in [2.24, 2.45) is 0 Å². The zero-order valence-corrected chi connectivity index (χ0v) is 11.1. The summed E-state index contributed by atoms with van der Waals surface area (Å²) in [6.45, 7) is 1.22. The molecule has 0 spiro atoms. The van der Waals surface area contributed by atoms with Gasteiger partial charge < -0.3 is 10.1 Å². The molecular formula is C12H14INO2. The topological polar surface area (TPSA) is 38.3 Å². The minimum Gasteiger partial charge on any atom is -0.492 e. The predicted molar refractivity (Wildman–Crippen MR) is 71.2 cm³/mol. The van der Waals surface area contributed by atoms with Gasteiger partial charge in [0.15, 0.2) is 0 Å². The van der Waals surface area contributed by atoms with Crippen molar-refractivity contribution in [1.82, 2.24) is 5.32 Å². The Morgan fingerprint density at radius 3 is 3.12 bits per heavy atom. The minimum atomic E-state index is -0.134. The highest BCUT2D eigenvalue weighted by Gasteiger charge is 2.29. The molecule has 0 radical (unpaired) electrons. The van der Waals surface area contributed by atoms with Gasteiger partial charge in [-0.05, 0) is 12.5 Å². The third-order valence-electron chi connectivity index (χ3n) is 2.63. The van der Waals surface area contributed by atoms with Crippen LogP contribution in [0.3, 0.4) is 0 Å². The van der Waals surface area contributed by atoms with Gasteiger partial charge >= 0.3 is 0 Å². The van der Waals surface area contributed by atoms with Crippen molar-refractivity contribution in [2.45, 2.75) is 12.3 Å². The van der Waals surface area contributed by atoms with Crippen molar-refractivity contribution >= 4 is 28.5 Å². The fraction of sp³-hybridized carbons (Fsp3) is 0.417. The van der Waals surface area contributed by atoms with E-state index in [1.165, 1.54) is 0 Å². The molecule has 1 aliphatic heterocycles. The Morgan fingerprint density at radius 1 is 1.50 bits per heavy atom. The molecule has 1 atom stereocenters. The van der Waals surface area contributed by atoms with Gasteiger partial charge in [0.1, 0.15) is 18.3 Å². The smallest absolute Gasteiger partial charge is 0.231 e. The molecule has 3 nitrogen and oxygen atoms in total. The Bertz CT molecular complexity index is 381.